The summed E-state index contributed by atoms with van der Waals surface area (Å²) in [6.07, 6.45) is 2.72. The van der Waals surface area contributed by atoms with Crippen molar-refractivity contribution in [1.82, 2.24) is 0 Å². The maximum absolute atomic E-state index is 2.41. The monoisotopic (exact) mass is 122 g/mol. The number of hydrogen-bond donors (Lipinski definition) is 0. The second kappa shape index (κ2) is 2.68. The van der Waals surface area contributed by atoms with E-state index in [1.807, 2.05) is 0 Å². The first-order valence-electron chi connectivity index (χ1n) is 3.87. The molecule has 0 radical (unpaired) electrons. The molecule has 9 heavy (non-hydrogen) atoms. The van der Waals surface area contributed by atoms with Crippen LogP contribution >= 0.6 is 0 Å². The Morgan fingerprint density at radius 1 is 1.44 bits per heavy atom. The Hall–Kier alpha value is -0.0651. The van der Waals surface area contributed by atoms with Gasteiger partial charge in [-0.05, 0) is 0 Å². The molecule has 1 rings (SSSR count). The van der Waals surface area contributed by atoms with E-state index in [-0.39, 0.29) is 0 Å². The van der Waals surface area contributed by atoms with Crippen molar-refractivity contribution in [3.05, 3.63) is 0 Å². The van der Waals surface area contributed by atoms with Gasteiger partial charge >= 0.3 is 57.7 Å². The Morgan fingerprint density at radius 3 is 2.56 bits per heavy atom. The Labute approximate surface area is 58.6 Å². The van der Waals surface area contributed by atoms with E-state index >= 15 is 0 Å². The molecule has 0 N–H and O–H groups in total. The minimum atomic E-state index is 0.818. The van der Waals surface area contributed by atoms with Gasteiger partial charge in [-0.2, -0.15) is 0 Å². The average molecular weight is 122 g/mol. The molecule has 0 spiro atoms. The van der Waals surface area contributed by atoms with Crippen LogP contribution in [0.3, 0.4) is 0 Å². The van der Waals surface area contributed by atoms with Crippen LogP contribution in [0.5, 0.6) is 0 Å². The Kier molecular flexibility index (Phi) is 2.10. The van der Waals surface area contributed by atoms with Gasteiger partial charge in [-0.15, -0.1) is 0 Å². The molecule has 0 aromatic rings. The number of hydrogen-bond acceptors (Lipinski definition) is 0. The van der Waals surface area contributed by atoms with Crippen molar-refractivity contribution in [3.63, 3.8) is 0 Å². The topological polar surface area (TPSA) is 0 Å². The maximum atomic E-state index is 2.41. The van der Waals surface area contributed by atoms with Gasteiger partial charge in [0.15, 0.2) is 0 Å². The van der Waals surface area contributed by atoms with Crippen molar-refractivity contribution in [2.75, 3.05) is 0 Å². The van der Waals surface area contributed by atoms with Gasteiger partial charge in [0, 0.05) is 0 Å². The van der Waals surface area contributed by atoms with Gasteiger partial charge in [0.2, 0.25) is 0 Å². The molecule has 0 saturated carbocycles. The van der Waals surface area contributed by atoms with Crippen LogP contribution in [0.4, 0.5) is 0 Å². The van der Waals surface area contributed by atoms with Crippen molar-refractivity contribution >= 4 is 12.4 Å². The van der Waals surface area contributed by atoms with E-state index in [4.69, 9.17) is 0 Å². The summed E-state index contributed by atoms with van der Waals surface area (Å²) in [7, 11) is 0. The van der Waals surface area contributed by atoms with Crippen LogP contribution in [-0.4, -0.2) is 12.4 Å². The van der Waals surface area contributed by atoms with Crippen molar-refractivity contribution in [2.24, 2.45) is 5.92 Å². The van der Waals surface area contributed by atoms with Gasteiger partial charge in [-0.25, -0.2) is 0 Å². The predicted molar refractivity (Wildman–Crippen MR) is 44.3 cm³/mol. The second-order valence-electron chi connectivity index (χ2n) is 3.39. The summed E-state index contributed by atoms with van der Waals surface area (Å²) in [4.78, 5) is 0. The van der Waals surface area contributed by atoms with E-state index in [0.29, 0.717) is 0 Å². The van der Waals surface area contributed by atoms with Crippen LogP contribution in [0.1, 0.15) is 33.6 Å². The minimum absolute atomic E-state index is 0.818. The van der Waals surface area contributed by atoms with E-state index in [1.165, 1.54) is 12.8 Å². The van der Waals surface area contributed by atoms with Crippen molar-refractivity contribution in [3.8, 4) is 0 Å². The molecule has 0 aliphatic carbocycles. The molecule has 0 amide bonds. The number of rotatable bonds is 0. The third-order valence-corrected chi connectivity index (χ3v) is 2.44. The van der Waals surface area contributed by atoms with E-state index in [9.17, 15) is 0 Å². The van der Waals surface area contributed by atoms with Crippen molar-refractivity contribution in [2.45, 2.75) is 39.4 Å². The summed E-state index contributed by atoms with van der Waals surface area (Å²) in [5.41, 5.74) is 1.58. The summed E-state index contributed by atoms with van der Waals surface area (Å²) in [5, 5.41) is 0. The normalized spacial score (nSPS) is 35.2. The van der Waals surface area contributed by atoms with Gasteiger partial charge in [0.1, 0.15) is 0 Å². The van der Waals surface area contributed by atoms with Gasteiger partial charge < -0.3 is 0 Å². The molecule has 0 aromatic carbocycles. The first kappa shape index (κ1) is 7.05. The van der Waals surface area contributed by atoms with Gasteiger partial charge in [-0.1, -0.05) is 0 Å². The molecule has 1 aliphatic rings. The average Bonchev–Trinajstić information content (AvgIpc) is 1.80. The Bertz CT molecular complexity index is 127. The van der Waals surface area contributed by atoms with Crippen LogP contribution in [0, 0.1) is 5.92 Å². The molecular formula is C8H15B. The van der Waals surface area contributed by atoms with Crippen LogP contribution in [0.2, 0.25) is 5.82 Å². The van der Waals surface area contributed by atoms with E-state index in [0.717, 1.165) is 11.7 Å². The van der Waals surface area contributed by atoms with E-state index in [1.54, 1.807) is 5.46 Å². The zero-order valence-corrected chi connectivity index (χ0v) is 6.65. The predicted octanol–water partition coefficient (Wildman–Crippen LogP) is 2.12. The summed E-state index contributed by atoms with van der Waals surface area (Å²) in [6.45, 7) is 9.30. The summed E-state index contributed by atoms with van der Waals surface area (Å²) < 4.78 is 0. The molecule has 0 aromatic heterocycles. The molecule has 1 aliphatic heterocycles. The van der Waals surface area contributed by atoms with Crippen LogP contribution in [0.15, 0.2) is 0 Å². The molecule has 1 heteroatoms. The standard InChI is InChI=1S/C8H15B/c1-6-4-5-7(2)9-8(6)3/h6,8H,4-5H2,1-3H3. The molecule has 0 fully saturated rings. The van der Waals surface area contributed by atoms with Crippen molar-refractivity contribution in [1.29, 1.82) is 0 Å². The van der Waals surface area contributed by atoms with Crippen LogP contribution in [-0.2, 0) is 0 Å². The zero-order valence-electron chi connectivity index (χ0n) is 6.65. The SMILES string of the molecule is CC1=BC(C)C(C)CC1. The van der Waals surface area contributed by atoms with E-state index in [2.05, 4.69) is 27.7 Å². The summed E-state index contributed by atoms with van der Waals surface area (Å²) in [5.74, 6) is 1.73. The molecule has 2 unspecified atom stereocenters. The van der Waals surface area contributed by atoms with Gasteiger partial charge in [0.05, 0.1) is 0 Å². The Balaban J connectivity index is 2.58. The van der Waals surface area contributed by atoms with Gasteiger partial charge in [0.25, 0.3) is 0 Å². The van der Waals surface area contributed by atoms with Crippen LogP contribution in [0.25, 0.3) is 0 Å². The first-order chi connectivity index (χ1) is 4.20. The molecule has 0 bridgehead atoms. The molecule has 50 valence electrons. The molecule has 0 nitrogen and oxygen atoms in total. The zero-order chi connectivity index (χ0) is 6.85. The quantitative estimate of drug-likeness (QED) is 0.431. The second-order valence-corrected chi connectivity index (χ2v) is 3.39. The van der Waals surface area contributed by atoms with E-state index < -0.39 is 0 Å². The third kappa shape index (κ3) is 1.67. The fourth-order valence-electron chi connectivity index (χ4n) is 1.41. The molecule has 0 saturated heterocycles. The third-order valence-electron chi connectivity index (χ3n) is 2.44. The van der Waals surface area contributed by atoms with Gasteiger partial charge in [-0.3, -0.25) is 0 Å². The van der Waals surface area contributed by atoms with Crippen molar-refractivity contribution < 1.29 is 0 Å². The molecular weight excluding hydrogens is 107 g/mol. The van der Waals surface area contributed by atoms with Crippen LogP contribution < -0.4 is 0 Å². The summed E-state index contributed by atoms with van der Waals surface area (Å²) >= 11 is 0. The fraction of sp³-hybridized carbons (Fsp3) is 0.875. The molecule has 2 atom stereocenters. The summed E-state index contributed by atoms with van der Waals surface area (Å²) in [6, 6.07) is 0. The molecule has 1 heterocycles. The Morgan fingerprint density at radius 2 is 2.11 bits per heavy atom. The first-order valence-corrected chi connectivity index (χ1v) is 3.87. The fourth-order valence-corrected chi connectivity index (χ4v) is 1.41.